The summed E-state index contributed by atoms with van der Waals surface area (Å²) in [6.07, 6.45) is 3.76. The number of hydrogen-bond donors (Lipinski definition) is 0. The third kappa shape index (κ3) is 2.91. The Morgan fingerprint density at radius 3 is 3.00 bits per heavy atom. The van der Waals surface area contributed by atoms with Crippen molar-refractivity contribution in [2.75, 3.05) is 37.8 Å². The predicted molar refractivity (Wildman–Crippen MR) is 71.7 cm³/mol. The van der Waals surface area contributed by atoms with Crippen LogP contribution >= 0.6 is 0 Å². The van der Waals surface area contributed by atoms with Gasteiger partial charge in [-0.3, -0.25) is 9.11 Å². The SMILES string of the molecule is CCOC[C@@]12CCCN1C[C@H](C[S@@](=O)CC)C2. The molecule has 100 valence electrons. The van der Waals surface area contributed by atoms with Gasteiger partial charge >= 0.3 is 0 Å². The lowest BCUT2D eigenvalue weighted by atomic mass is 9.91. The van der Waals surface area contributed by atoms with E-state index < -0.39 is 10.8 Å². The van der Waals surface area contributed by atoms with Crippen LogP contribution in [0.2, 0.25) is 0 Å². The average Bonchev–Trinajstić information content (AvgIpc) is 2.82. The molecule has 2 rings (SSSR count). The van der Waals surface area contributed by atoms with Crippen LogP contribution < -0.4 is 0 Å². The molecule has 2 saturated heterocycles. The minimum absolute atomic E-state index is 0.290. The molecule has 0 unspecified atom stereocenters. The molecule has 0 bridgehead atoms. The largest absolute Gasteiger partial charge is 0.380 e. The van der Waals surface area contributed by atoms with Crippen LogP contribution in [-0.2, 0) is 15.5 Å². The topological polar surface area (TPSA) is 29.5 Å². The minimum atomic E-state index is -0.616. The maximum atomic E-state index is 11.7. The van der Waals surface area contributed by atoms with E-state index in [1.54, 1.807) is 0 Å². The van der Waals surface area contributed by atoms with Crippen molar-refractivity contribution < 1.29 is 8.95 Å². The molecule has 3 atom stereocenters. The van der Waals surface area contributed by atoms with Crippen LogP contribution in [0, 0.1) is 5.92 Å². The van der Waals surface area contributed by atoms with Crippen molar-refractivity contribution in [2.45, 2.75) is 38.6 Å². The molecule has 2 aliphatic rings. The van der Waals surface area contributed by atoms with Crippen LogP contribution in [0.3, 0.4) is 0 Å². The highest BCUT2D eigenvalue weighted by molar-refractivity contribution is 7.84. The second-order valence-electron chi connectivity index (χ2n) is 5.38. The van der Waals surface area contributed by atoms with Crippen molar-refractivity contribution in [3.05, 3.63) is 0 Å². The lowest BCUT2D eigenvalue weighted by molar-refractivity contribution is 0.0415. The first-order chi connectivity index (χ1) is 8.20. The Kier molecular flexibility index (Phi) is 4.61. The summed E-state index contributed by atoms with van der Waals surface area (Å²) in [5, 5.41) is 0. The number of hydrogen-bond acceptors (Lipinski definition) is 3. The van der Waals surface area contributed by atoms with E-state index in [1.165, 1.54) is 25.8 Å². The van der Waals surface area contributed by atoms with Gasteiger partial charge in [0.25, 0.3) is 0 Å². The van der Waals surface area contributed by atoms with Gasteiger partial charge in [0.15, 0.2) is 0 Å². The first-order valence-electron chi connectivity index (χ1n) is 6.88. The summed E-state index contributed by atoms with van der Waals surface area (Å²) in [6, 6.07) is 0. The monoisotopic (exact) mass is 259 g/mol. The van der Waals surface area contributed by atoms with Gasteiger partial charge in [-0.25, -0.2) is 0 Å². The van der Waals surface area contributed by atoms with Crippen molar-refractivity contribution >= 4 is 10.8 Å². The van der Waals surface area contributed by atoms with Gasteiger partial charge in [0.2, 0.25) is 0 Å². The van der Waals surface area contributed by atoms with E-state index in [0.29, 0.717) is 11.5 Å². The highest BCUT2D eigenvalue weighted by Crippen LogP contribution is 2.41. The third-order valence-electron chi connectivity index (χ3n) is 4.21. The molecule has 0 amide bonds. The molecule has 0 spiro atoms. The molecule has 17 heavy (non-hydrogen) atoms. The number of fused-ring (bicyclic) bond motifs is 1. The Morgan fingerprint density at radius 2 is 2.29 bits per heavy atom. The zero-order valence-electron chi connectivity index (χ0n) is 11.1. The Morgan fingerprint density at radius 1 is 1.47 bits per heavy atom. The van der Waals surface area contributed by atoms with E-state index in [2.05, 4.69) is 11.8 Å². The van der Waals surface area contributed by atoms with Gasteiger partial charge in [0.1, 0.15) is 0 Å². The fourth-order valence-corrected chi connectivity index (χ4v) is 4.42. The molecule has 0 saturated carbocycles. The summed E-state index contributed by atoms with van der Waals surface area (Å²) < 4.78 is 17.4. The number of ether oxygens (including phenoxy) is 1. The highest BCUT2D eigenvalue weighted by Gasteiger charge is 2.48. The van der Waals surface area contributed by atoms with E-state index in [1.807, 2.05) is 6.92 Å². The van der Waals surface area contributed by atoms with Crippen LogP contribution in [0.5, 0.6) is 0 Å². The van der Waals surface area contributed by atoms with Crippen molar-refractivity contribution in [3.63, 3.8) is 0 Å². The Labute approximate surface area is 107 Å². The normalized spacial score (nSPS) is 35.1. The van der Waals surface area contributed by atoms with Crippen molar-refractivity contribution in [1.82, 2.24) is 4.90 Å². The van der Waals surface area contributed by atoms with Crippen LogP contribution in [0.4, 0.5) is 0 Å². The fraction of sp³-hybridized carbons (Fsp3) is 1.00. The zero-order valence-corrected chi connectivity index (χ0v) is 11.9. The van der Waals surface area contributed by atoms with E-state index >= 15 is 0 Å². The zero-order chi connectivity index (χ0) is 12.3. The van der Waals surface area contributed by atoms with Crippen molar-refractivity contribution in [1.29, 1.82) is 0 Å². The quantitative estimate of drug-likeness (QED) is 0.726. The lowest BCUT2D eigenvalue weighted by Gasteiger charge is -2.31. The lowest BCUT2D eigenvalue weighted by Crippen LogP contribution is -2.42. The molecular weight excluding hydrogens is 234 g/mol. The van der Waals surface area contributed by atoms with E-state index in [4.69, 9.17) is 4.74 Å². The predicted octanol–water partition coefficient (Wildman–Crippen LogP) is 1.65. The van der Waals surface area contributed by atoms with Gasteiger partial charge in [0.05, 0.1) is 6.61 Å². The van der Waals surface area contributed by atoms with Gasteiger partial charge in [-0.05, 0) is 38.6 Å². The van der Waals surface area contributed by atoms with E-state index in [9.17, 15) is 4.21 Å². The van der Waals surface area contributed by atoms with Crippen LogP contribution in [0.1, 0.15) is 33.1 Å². The summed E-state index contributed by atoms with van der Waals surface area (Å²) >= 11 is 0. The van der Waals surface area contributed by atoms with Gasteiger partial charge in [-0.1, -0.05) is 6.92 Å². The third-order valence-corrected chi connectivity index (χ3v) is 5.69. The summed E-state index contributed by atoms with van der Waals surface area (Å²) in [5.41, 5.74) is 0.290. The molecule has 0 aromatic carbocycles. The fourth-order valence-electron chi connectivity index (χ4n) is 3.43. The molecule has 0 N–H and O–H groups in total. The van der Waals surface area contributed by atoms with E-state index in [-0.39, 0.29) is 0 Å². The van der Waals surface area contributed by atoms with Gasteiger partial charge in [0, 0.05) is 41.0 Å². The Bertz CT molecular complexity index is 285. The Balaban J connectivity index is 1.94. The maximum absolute atomic E-state index is 11.7. The molecule has 0 aromatic rings. The van der Waals surface area contributed by atoms with E-state index in [0.717, 1.165) is 31.3 Å². The van der Waals surface area contributed by atoms with Crippen LogP contribution in [0.15, 0.2) is 0 Å². The molecule has 4 heteroatoms. The standard InChI is InChI=1S/C13H25NO2S/c1-3-16-11-13-6-5-7-14(13)9-12(8-13)10-17(15)4-2/h12H,3-11H2,1-2H3/t12-,13+,17+/m1/s1. The highest BCUT2D eigenvalue weighted by atomic mass is 32.2. The number of rotatable bonds is 6. The molecule has 0 aromatic heterocycles. The summed E-state index contributed by atoms with van der Waals surface area (Å²) in [7, 11) is -0.616. The Hall–Kier alpha value is 0.0700. The summed E-state index contributed by atoms with van der Waals surface area (Å²) in [5.74, 6) is 2.31. The first-order valence-corrected chi connectivity index (χ1v) is 8.37. The second-order valence-corrected chi connectivity index (χ2v) is 7.17. The summed E-state index contributed by atoms with van der Waals surface area (Å²) in [6.45, 7) is 8.11. The molecule has 2 aliphatic heterocycles. The average molecular weight is 259 g/mol. The number of nitrogens with zero attached hydrogens (tertiary/aromatic N) is 1. The molecule has 2 fully saturated rings. The second kappa shape index (κ2) is 5.81. The van der Waals surface area contributed by atoms with Gasteiger partial charge in [-0.15, -0.1) is 0 Å². The molecule has 0 radical (unpaired) electrons. The van der Waals surface area contributed by atoms with Gasteiger partial charge < -0.3 is 4.74 Å². The molecule has 3 nitrogen and oxygen atoms in total. The molecule has 0 aliphatic carbocycles. The maximum Gasteiger partial charge on any atom is 0.0650 e. The van der Waals surface area contributed by atoms with Gasteiger partial charge in [-0.2, -0.15) is 0 Å². The van der Waals surface area contributed by atoms with Crippen molar-refractivity contribution in [3.8, 4) is 0 Å². The van der Waals surface area contributed by atoms with Crippen molar-refractivity contribution in [2.24, 2.45) is 5.92 Å². The van der Waals surface area contributed by atoms with Crippen LogP contribution in [0.25, 0.3) is 0 Å². The first kappa shape index (κ1) is 13.5. The molecular formula is C13H25NO2S. The van der Waals surface area contributed by atoms with Crippen LogP contribution in [-0.4, -0.2) is 52.5 Å². The minimum Gasteiger partial charge on any atom is -0.380 e. The summed E-state index contributed by atoms with van der Waals surface area (Å²) in [4.78, 5) is 2.60. The molecule has 2 heterocycles. The smallest absolute Gasteiger partial charge is 0.0650 e.